The number of rotatable bonds is 4. The van der Waals surface area contributed by atoms with Crippen LogP contribution in [0.4, 0.5) is 0 Å². The van der Waals surface area contributed by atoms with Crippen LogP contribution in [0.5, 0.6) is 0 Å². The summed E-state index contributed by atoms with van der Waals surface area (Å²) in [5.74, 6) is 0.0838. The van der Waals surface area contributed by atoms with Crippen LogP contribution in [0.1, 0.15) is 18.5 Å². The third-order valence-corrected chi connectivity index (χ3v) is 4.68. The summed E-state index contributed by atoms with van der Waals surface area (Å²) in [6, 6.07) is 8.19. The van der Waals surface area contributed by atoms with Crippen LogP contribution in [0.15, 0.2) is 36.9 Å². The number of hydrogen-bond donors (Lipinski definition) is 0. The highest BCUT2D eigenvalue weighted by Crippen LogP contribution is 2.27. The third kappa shape index (κ3) is 3.71. The number of nitrogens with zero attached hydrogens (tertiary/aromatic N) is 5. The fourth-order valence-corrected chi connectivity index (χ4v) is 3.22. The normalized spacial score (nSPS) is 17.2. The minimum absolute atomic E-state index is 0.0838. The Morgan fingerprint density at radius 2 is 2.00 bits per heavy atom. The molecule has 2 aromatic rings. The van der Waals surface area contributed by atoms with E-state index >= 15 is 0 Å². The van der Waals surface area contributed by atoms with Crippen molar-refractivity contribution in [2.75, 3.05) is 26.2 Å². The molecule has 1 aromatic carbocycles. The van der Waals surface area contributed by atoms with Crippen LogP contribution in [0.3, 0.4) is 0 Å². The summed E-state index contributed by atoms with van der Waals surface area (Å²) in [5, 5.41) is 4.77. The van der Waals surface area contributed by atoms with Crippen molar-refractivity contribution in [2.24, 2.45) is 0 Å². The standard InChI is InChI=1S/C16H20ClN5O/c1-13(14-4-2-3-5-15(14)17)20-6-8-21(9-7-20)16(23)10-22-12-18-11-19-22/h2-5,11-13H,6-10H2,1H3/t13-/m1/s1. The Hall–Kier alpha value is -1.92. The lowest BCUT2D eigenvalue weighted by Gasteiger charge is -2.38. The fourth-order valence-electron chi connectivity index (χ4n) is 2.92. The highest BCUT2D eigenvalue weighted by atomic mass is 35.5. The van der Waals surface area contributed by atoms with Crippen LogP contribution in [0, 0.1) is 0 Å². The monoisotopic (exact) mass is 333 g/mol. The maximum atomic E-state index is 12.3. The van der Waals surface area contributed by atoms with Gasteiger partial charge in [-0.2, -0.15) is 5.10 Å². The first-order valence-electron chi connectivity index (χ1n) is 7.74. The van der Waals surface area contributed by atoms with Gasteiger partial charge >= 0.3 is 0 Å². The van der Waals surface area contributed by atoms with Gasteiger partial charge in [0.15, 0.2) is 0 Å². The number of aromatic nitrogens is 3. The SMILES string of the molecule is C[C@H](c1ccccc1Cl)N1CCN(C(=O)Cn2cncn2)CC1. The number of carbonyl (C=O) groups is 1. The molecule has 0 aliphatic carbocycles. The van der Waals surface area contributed by atoms with Gasteiger partial charge in [-0.3, -0.25) is 9.69 Å². The van der Waals surface area contributed by atoms with E-state index < -0.39 is 0 Å². The molecule has 1 aliphatic heterocycles. The molecule has 0 spiro atoms. The molecule has 1 aromatic heterocycles. The first-order chi connectivity index (χ1) is 11.1. The summed E-state index contributed by atoms with van der Waals surface area (Å²) < 4.78 is 1.56. The van der Waals surface area contributed by atoms with Gasteiger partial charge < -0.3 is 4.90 Å². The van der Waals surface area contributed by atoms with E-state index in [1.165, 1.54) is 6.33 Å². The summed E-state index contributed by atoms with van der Waals surface area (Å²) in [6.07, 6.45) is 3.00. The molecule has 0 bridgehead atoms. The number of benzene rings is 1. The second-order valence-corrected chi connectivity index (χ2v) is 6.11. The molecule has 0 saturated carbocycles. The van der Waals surface area contributed by atoms with Gasteiger partial charge in [-0.15, -0.1) is 0 Å². The molecule has 122 valence electrons. The van der Waals surface area contributed by atoms with E-state index in [1.807, 2.05) is 23.1 Å². The van der Waals surface area contributed by atoms with Crippen molar-refractivity contribution >= 4 is 17.5 Å². The highest BCUT2D eigenvalue weighted by Gasteiger charge is 2.25. The third-order valence-electron chi connectivity index (χ3n) is 4.33. The molecule has 0 N–H and O–H groups in total. The molecule has 1 atom stereocenters. The van der Waals surface area contributed by atoms with Gasteiger partial charge in [-0.25, -0.2) is 9.67 Å². The number of halogens is 1. The Morgan fingerprint density at radius 1 is 1.26 bits per heavy atom. The van der Waals surface area contributed by atoms with E-state index in [2.05, 4.69) is 28.0 Å². The molecule has 7 heteroatoms. The molecule has 1 fully saturated rings. The van der Waals surface area contributed by atoms with Crippen molar-refractivity contribution in [1.29, 1.82) is 0 Å². The van der Waals surface area contributed by atoms with Crippen molar-refractivity contribution in [2.45, 2.75) is 19.5 Å². The molecule has 1 saturated heterocycles. The molecule has 3 rings (SSSR count). The summed E-state index contributed by atoms with van der Waals surface area (Å²) >= 11 is 6.29. The Balaban J connectivity index is 1.56. The molecular formula is C16H20ClN5O. The topological polar surface area (TPSA) is 54.3 Å². The molecule has 6 nitrogen and oxygen atoms in total. The maximum Gasteiger partial charge on any atom is 0.244 e. The Labute approximate surface area is 140 Å². The van der Waals surface area contributed by atoms with E-state index in [9.17, 15) is 4.79 Å². The van der Waals surface area contributed by atoms with E-state index in [4.69, 9.17) is 11.6 Å². The quantitative estimate of drug-likeness (QED) is 0.856. The van der Waals surface area contributed by atoms with Crippen molar-refractivity contribution in [3.63, 3.8) is 0 Å². The van der Waals surface area contributed by atoms with Crippen LogP contribution in [0.25, 0.3) is 0 Å². The molecule has 23 heavy (non-hydrogen) atoms. The molecule has 1 aliphatic rings. The number of piperazine rings is 1. The Kier molecular flexibility index (Phi) is 4.93. The zero-order valence-electron chi connectivity index (χ0n) is 13.1. The Bertz CT molecular complexity index is 652. The van der Waals surface area contributed by atoms with Gasteiger partial charge in [0.25, 0.3) is 0 Å². The van der Waals surface area contributed by atoms with E-state index in [-0.39, 0.29) is 18.5 Å². The number of hydrogen-bond acceptors (Lipinski definition) is 4. The van der Waals surface area contributed by atoms with Crippen molar-refractivity contribution in [3.05, 3.63) is 47.5 Å². The minimum atomic E-state index is 0.0838. The lowest BCUT2D eigenvalue weighted by molar-refractivity contribution is -0.134. The van der Waals surface area contributed by atoms with E-state index in [0.29, 0.717) is 0 Å². The lowest BCUT2D eigenvalue weighted by atomic mass is 10.1. The molecule has 1 amide bonds. The zero-order chi connectivity index (χ0) is 16.2. The summed E-state index contributed by atoms with van der Waals surface area (Å²) in [7, 11) is 0. The van der Waals surface area contributed by atoms with Crippen LogP contribution in [-0.4, -0.2) is 56.7 Å². The highest BCUT2D eigenvalue weighted by molar-refractivity contribution is 6.31. The average Bonchev–Trinajstić information content (AvgIpc) is 3.08. The fraction of sp³-hybridized carbons (Fsp3) is 0.438. The summed E-state index contributed by atoms with van der Waals surface area (Å²) in [6.45, 7) is 5.55. The molecule has 0 unspecified atom stereocenters. The predicted octanol–water partition coefficient (Wildman–Crippen LogP) is 1.84. The molecule has 2 heterocycles. The summed E-state index contributed by atoms with van der Waals surface area (Å²) in [4.78, 5) is 20.4. The number of carbonyl (C=O) groups excluding carboxylic acids is 1. The van der Waals surface area contributed by atoms with Gasteiger partial charge in [-0.05, 0) is 18.6 Å². The number of amides is 1. The minimum Gasteiger partial charge on any atom is -0.339 e. The lowest BCUT2D eigenvalue weighted by Crippen LogP contribution is -2.50. The molecular weight excluding hydrogens is 314 g/mol. The second-order valence-electron chi connectivity index (χ2n) is 5.71. The van der Waals surface area contributed by atoms with Crippen LogP contribution in [0.2, 0.25) is 5.02 Å². The average molecular weight is 334 g/mol. The van der Waals surface area contributed by atoms with Gasteiger partial charge in [0.05, 0.1) is 0 Å². The van der Waals surface area contributed by atoms with Crippen molar-refractivity contribution in [1.82, 2.24) is 24.6 Å². The van der Waals surface area contributed by atoms with Gasteiger partial charge in [-0.1, -0.05) is 29.8 Å². The largest absolute Gasteiger partial charge is 0.339 e. The first-order valence-corrected chi connectivity index (χ1v) is 8.11. The van der Waals surface area contributed by atoms with Crippen LogP contribution >= 0.6 is 11.6 Å². The first kappa shape index (κ1) is 16.0. The van der Waals surface area contributed by atoms with Crippen molar-refractivity contribution < 1.29 is 4.79 Å². The second kappa shape index (κ2) is 7.10. The van der Waals surface area contributed by atoms with Gasteiger partial charge in [0.2, 0.25) is 5.91 Å². The smallest absolute Gasteiger partial charge is 0.244 e. The molecule has 0 radical (unpaired) electrons. The summed E-state index contributed by atoms with van der Waals surface area (Å²) in [5.41, 5.74) is 1.14. The van der Waals surface area contributed by atoms with Crippen molar-refractivity contribution in [3.8, 4) is 0 Å². The Morgan fingerprint density at radius 3 is 2.65 bits per heavy atom. The maximum absolute atomic E-state index is 12.3. The van der Waals surface area contributed by atoms with E-state index in [0.717, 1.165) is 36.8 Å². The van der Waals surface area contributed by atoms with Crippen LogP contribution in [-0.2, 0) is 11.3 Å². The van der Waals surface area contributed by atoms with Gasteiger partial charge in [0, 0.05) is 37.2 Å². The van der Waals surface area contributed by atoms with Gasteiger partial charge in [0.1, 0.15) is 19.2 Å². The van der Waals surface area contributed by atoms with Crippen LogP contribution < -0.4 is 0 Å². The predicted molar refractivity (Wildman–Crippen MR) is 88.0 cm³/mol. The van der Waals surface area contributed by atoms with E-state index in [1.54, 1.807) is 11.0 Å². The zero-order valence-corrected chi connectivity index (χ0v) is 13.9.